The van der Waals surface area contributed by atoms with E-state index in [4.69, 9.17) is 14.7 Å². The lowest BCUT2D eigenvalue weighted by molar-refractivity contribution is 0.193. The lowest BCUT2D eigenvalue weighted by Crippen LogP contribution is -2.28. The first-order valence-corrected chi connectivity index (χ1v) is 7.65. The highest BCUT2D eigenvalue weighted by atomic mass is 16.5. The van der Waals surface area contributed by atoms with Crippen molar-refractivity contribution in [1.82, 2.24) is 15.3 Å². The average molecular weight is 277 g/mol. The molecule has 1 aromatic heterocycles. The molecule has 2 rings (SSSR count). The molecule has 0 aliphatic carbocycles. The molecule has 2 unspecified atom stereocenters. The summed E-state index contributed by atoms with van der Waals surface area (Å²) in [6.45, 7) is 13.4. The molecule has 1 fully saturated rings. The summed E-state index contributed by atoms with van der Waals surface area (Å²) in [7, 11) is 0. The highest BCUT2D eigenvalue weighted by Crippen LogP contribution is 2.26. The van der Waals surface area contributed by atoms with Crippen molar-refractivity contribution in [2.45, 2.75) is 58.9 Å². The van der Waals surface area contributed by atoms with Gasteiger partial charge in [0, 0.05) is 36.5 Å². The minimum atomic E-state index is 0.380. The highest BCUT2D eigenvalue weighted by molar-refractivity contribution is 5.29. The maximum absolute atomic E-state index is 5.44. The fraction of sp³-hybridized carbons (Fsp3) is 0.750. The molecule has 0 bridgehead atoms. The van der Waals surface area contributed by atoms with E-state index in [1.165, 1.54) is 5.56 Å². The topological polar surface area (TPSA) is 47.0 Å². The van der Waals surface area contributed by atoms with Gasteiger partial charge in [0.2, 0.25) is 0 Å². The van der Waals surface area contributed by atoms with Crippen LogP contribution in [0.4, 0.5) is 0 Å². The van der Waals surface area contributed by atoms with Crippen LogP contribution in [0.5, 0.6) is 0 Å². The highest BCUT2D eigenvalue weighted by Gasteiger charge is 2.23. The molecule has 4 heteroatoms. The number of hydrogen-bond acceptors (Lipinski definition) is 4. The third kappa shape index (κ3) is 3.55. The van der Waals surface area contributed by atoms with Crippen molar-refractivity contribution in [1.29, 1.82) is 0 Å². The van der Waals surface area contributed by atoms with Crippen LogP contribution in [0.2, 0.25) is 0 Å². The van der Waals surface area contributed by atoms with Gasteiger partial charge in [-0.05, 0) is 31.7 Å². The smallest absolute Gasteiger partial charge is 0.134 e. The van der Waals surface area contributed by atoms with Gasteiger partial charge in [-0.2, -0.15) is 0 Å². The van der Waals surface area contributed by atoms with Crippen molar-refractivity contribution in [3.63, 3.8) is 0 Å². The zero-order valence-electron chi connectivity index (χ0n) is 13.4. The van der Waals surface area contributed by atoms with Gasteiger partial charge in [0.05, 0.1) is 6.61 Å². The molecule has 1 saturated heterocycles. The fourth-order valence-corrected chi connectivity index (χ4v) is 2.90. The van der Waals surface area contributed by atoms with Crippen LogP contribution < -0.4 is 5.32 Å². The van der Waals surface area contributed by atoms with Crippen molar-refractivity contribution >= 4 is 0 Å². The third-order valence-electron chi connectivity index (χ3n) is 3.96. The molecule has 0 radical (unpaired) electrons. The molecule has 2 heterocycles. The van der Waals surface area contributed by atoms with Crippen LogP contribution in [0.1, 0.15) is 61.8 Å². The van der Waals surface area contributed by atoms with Crippen LogP contribution in [-0.4, -0.2) is 35.8 Å². The average Bonchev–Trinajstić information content (AvgIpc) is 2.89. The van der Waals surface area contributed by atoms with Gasteiger partial charge >= 0.3 is 0 Å². The Labute approximate surface area is 122 Å². The van der Waals surface area contributed by atoms with Gasteiger partial charge in [-0.3, -0.25) is 0 Å². The fourth-order valence-electron chi connectivity index (χ4n) is 2.90. The Morgan fingerprint density at radius 3 is 2.35 bits per heavy atom. The summed E-state index contributed by atoms with van der Waals surface area (Å²) < 4.78 is 5.44. The van der Waals surface area contributed by atoms with E-state index in [0.29, 0.717) is 17.9 Å². The summed E-state index contributed by atoms with van der Waals surface area (Å²) in [4.78, 5) is 9.49. The molecule has 0 aromatic carbocycles. The second kappa shape index (κ2) is 6.64. The summed E-state index contributed by atoms with van der Waals surface area (Å²) in [6, 6.07) is 0.508. The molecule has 1 aromatic rings. The van der Waals surface area contributed by atoms with E-state index < -0.39 is 0 Å². The van der Waals surface area contributed by atoms with Gasteiger partial charge in [0.15, 0.2) is 0 Å². The Morgan fingerprint density at radius 1 is 1.20 bits per heavy atom. The largest absolute Gasteiger partial charge is 0.381 e. The first-order valence-electron chi connectivity index (χ1n) is 7.65. The summed E-state index contributed by atoms with van der Waals surface area (Å²) in [5.74, 6) is 1.78. The van der Waals surface area contributed by atoms with Gasteiger partial charge in [0.25, 0.3) is 0 Å². The van der Waals surface area contributed by atoms with Crippen LogP contribution in [-0.2, 0) is 4.74 Å². The molecule has 0 spiro atoms. The Kier molecular flexibility index (Phi) is 5.11. The van der Waals surface area contributed by atoms with Crippen molar-refractivity contribution in [2.75, 3.05) is 19.8 Å². The quantitative estimate of drug-likeness (QED) is 0.899. The summed E-state index contributed by atoms with van der Waals surface area (Å²) in [6.07, 6.45) is 1.04. The zero-order valence-corrected chi connectivity index (χ0v) is 13.4. The monoisotopic (exact) mass is 277 g/mol. The van der Waals surface area contributed by atoms with Gasteiger partial charge in [0.1, 0.15) is 5.82 Å². The predicted molar refractivity (Wildman–Crippen MR) is 81.2 cm³/mol. The Balaban J connectivity index is 2.17. The van der Waals surface area contributed by atoms with Crippen molar-refractivity contribution in [3.8, 4) is 0 Å². The van der Waals surface area contributed by atoms with E-state index in [9.17, 15) is 0 Å². The molecule has 20 heavy (non-hydrogen) atoms. The molecule has 2 atom stereocenters. The predicted octanol–water partition coefficient (Wildman–Crippen LogP) is 2.70. The number of aromatic nitrogens is 2. The first kappa shape index (κ1) is 15.4. The maximum Gasteiger partial charge on any atom is 0.134 e. The SMILES string of the molecule is Cc1nc(C2CCOC2)nc(C)c1C(C)CNC(C)C. The standard InChI is InChI=1S/C16H27N3O/c1-10(2)17-8-11(3)15-12(4)18-16(19-13(15)5)14-6-7-20-9-14/h10-11,14,17H,6-9H2,1-5H3. The van der Waals surface area contributed by atoms with Crippen LogP contribution in [0.3, 0.4) is 0 Å². The van der Waals surface area contributed by atoms with Crippen LogP contribution in [0, 0.1) is 13.8 Å². The molecular weight excluding hydrogens is 250 g/mol. The number of rotatable bonds is 5. The van der Waals surface area contributed by atoms with Crippen molar-refractivity contribution < 1.29 is 4.74 Å². The van der Waals surface area contributed by atoms with Gasteiger partial charge in [-0.1, -0.05) is 20.8 Å². The van der Waals surface area contributed by atoms with Gasteiger partial charge in [-0.25, -0.2) is 9.97 Å². The Bertz CT molecular complexity index is 430. The lowest BCUT2D eigenvalue weighted by Gasteiger charge is -2.20. The van der Waals surface area contributed by atoms with E-state index >= 15 is 0 Å². The first-order chi connectivity index (χ1) is 9.49. The van der Waals surface area contributed by atoms with Crippen LogP contribution in [0.15, 0.2) is 0 Å². The molecule has 0 amide bonds. The van der Waals surface area contributed by atoms with Gasteiger partial charge < -0.3 is 10.1 Å². The summed E-state index contributed by atoms with van der Waals surface area (Å²) in [5.41, 5.74) is 3.54. The van der Waals surface area contributed by atoms with Crippen molar-refractivity contribution in [3.05, 3.63) is 22.8 Å². The molecule has 112 valence electrons. The number of ether oxygens (including phenoxy) is 1. The maximum atomic E-state index is 5.44. The second-order valence-electron chi connectivity index (χ2n) is 6.19. The Morgan fingerprint density at radius 2 is 1.85 bits per heavy atom. The van der Waals surface area contributed by atoms with Crippen LogP contribution >= 0.6 is 0 Å². The normalized spacial score (nSPS) is 20.6. The number of aryl methyl sites for hydroxylation is 2. The molecule has 1 aliphatic rings. The zero-order chi connectivity index (χ0) is 14.7. The summed E-state index contributed by atoms with van der Waals surface area (Å²) >= 11 is 0. The van der Waals surface area contributed by atoms with E-state index in [-0.39, 0.29) is 0 Å². The Hall–Kier alpha value is -1.00. The lowest BCUT2D eigenvalue weighted by atomic mass is 9.97. The molecule has 0 saturated carbocycles. The molecular formula is C16H27N3O. The van der Waals surface area contributed by atoms with Crippen molar-refractivity contribution in [2.24, 2.45) is 0 Å². The molecule has 1 aliphatic heterocycles. The summed E-state index contributed by atoms with van der Waals surface area (Å²) in [5, 5.41) is 3.49. The van der Waals surface area contributed by atoms with Gasteiger partial charge in [-0.15, -0.1) is 0 Å². The molecule has 1 N–H and O–H groups in total. The van der Waals surface area contributed by atoms with E-state index in [1.807, 2.05) is 0 Å². The van der Waals surface area contributed by atoms with E-state index in [2.05, 4.69) is 39.9 Å². The third-order valence-corrected chi connectivity index (χ3v) is 3.96. The number of hydrogen-bond donors (Lipinski definition) is 1. The number of nitrogens with zero attached hydrogens (tertiary/aromatic N) is 2. The van der Waals surface area contributed by atoms with E-state index in [0.717, 1.165) is 43.4 Å². The minimum Gasteiger partial charge on any atom is -0.381 e. The number of nitrogens with one attached hydrogen (secondary N) is 1. The molecule has 4 nitrogen and oxygen atoms in total. The second-order valence-corrected chi connectivity index (χ2v) is 6.19. The van der Waals surface area contributed by atoms with E-state index in [1.54, 1.807) is 0 Å². The minimum absolute atomic E-state index is 0.380. The van der Waals surface area contributed by atoms with Crippen LogP contribution in [0.25, 0.3) is 0 Å².